The third-order valence-corrected chi connectivity index (χ3v) is 4.91. The van der Waals surface area contributed by atoms with E-state index in [0.717, 1.165) is 38.4 Å². The van der Waals surface area contributed by atoms with Crippen LogP contribution in [0, 0.1) is 13.8 Å². The lowest BCUT2D eigenvalue weighted by molar-refractivity contribution is 1.26. The van der Waals surface area contributed by atoms with Crippen LogP contribution in [-0.2, 0) is 0 Å². The molecule has 0 fully saturated rings. The van der Waals surface area contributed by atoms with Crippen molar-refractivity contribution in [3.63, 3.8) is 0 Å². The molecule has 0 bridgehead atoms. The Bertz CT molecular complexity index is 1210. The summed E-state index contributed by atoms with van der Waals surface area (Å²) in [5.41, 5.74) is 6.71. The van der Waals surface area contributed by atoms with E-state index in [1.54, 1.807) is 6.33 Å². The number of benzene rings is 3. The highest BCUT2D eigenvalue weighted by atomic mass is 14.8. The highest BCUT2D eigenvalue weighted by molar-refractivity contribution is 6.23. The summed E-state index contributed by atoms with van der Waals surface area (Å²) in [7, 11) is 0. The quantitative estimate of drug-likeness (QED) is 0.407. The number of pyridine rings is 1. The fourth-order valence-corrected chi connectivity index (χ4v) is 3.48. The molecule has 0 amide bonds. The van der Waals surface area contributed by atoms with Crippen LogP contribution >= 0.6 is 0 Å². The van der Waals surface area contributed by atoms with Crippen LogP contribution in [-0.4, -0.2) is 15.0 Å². The van der Waals surface area contributed by atoms with Gasteiger partial charge in [-0.2, -0.15) is 0 Å². The molecule has 114 valence electrons. The first-order valence-electron chi connectivity index (χ1n) is 8.04. The van der Waals surface area contributed by atoms with E-state index < -0.39 is 0 Å². The highest BCUT2D eigenvalue weighted by Crippen LogP contribution is 2.36. The molecular formula is C21H15N3. The summed E-state index contributed by atoms with van der Waals surface area (Å²) in [4.78, 5) is 13.6. The Morgan fingerprint density at radius 1 is 0.708 bits per heavy atom. The van der Waals surface area contributed by atoms with Crippen LogP contribution in [0.4, 0.5) is 0 Å². The molecule has 0 unspecified atom stereocenters. The molecule has 2 heterocycles. The lowest BCUT2D eigenvalue weighted by Gasteiger charge is -2.13. The van der Waals surface area contributed by atoms with Crippen molar-refractivity contribution in [1.29, 1.82) is 0 Å². The highest BCUT2D eigenvalue weighted by Gasteiger charge is 2.14. The Kier molecular flexibility index (Phi) is 2.63. The second-order valence-electron chi connectivity index (χ2n) is 6.34. The van der Waals surface area contributed by atoms with Crippen molar-refractivity contribution >= 4 is 32.6 Å². The molecule has 0 spiro atoms. The van der Waals surface area contributed by atoms with Crippen molar-refractivity contribution in [1.82, 2.24) is 15.0 Å². The molecule has 5 rings (SSSR count). The van der Waals surface area contributed by atoms with Gasteiger partial charge >= 0.3 is 0 Å². The summed E-state index contributed by atoms with van der Waals surface area (Å²) in [6.07, 6.45) is 3.59. The molecule has 0 aliphatic carbocycles. The Hall–Kier alpha value is -3.07. The van der Waals surface area contributed by atoms with E-state index in [1.165, 1.54) is 16.5 Å². The summed E-state index contributed by atoms with van der Waals surface area (Å²) >= 11 is 0. The number of aryl methyl sites for hydroxylation is 2. The maximum Gasteiger partial charge on any atom is 0.116 e. The maximum atomic E-state index is 4.76. The van der Waals surface area contributed by atoms with Crippen LogP contribution in [0.25, 0.3) is 43.8 Å². The normalized spacial score (nSPS) is 11.8. The Labute approximate surface area is 139 Å². The van der Waals surface area contributed by atoms with Gasteiger partial charge in [-0.05, 0) is 49.2 Å². The van der Waals surface area contributed by atoms with Gasteiger partial charge in [0, 0.05) is 33.3 Å². The van der Waals surface area contributed by atoms with Crippen molar-refractivity contribution in [3.8, 4) is 11.3 Å². The number of hydrogen-bond acceptors (Lipinski definition) is 3. The van der Waals surface area contributed by atoms with Gasteiger partial charge in [-0.15, -0.1) is 0 Å². The molecule has 3 heteroatoms. The van der Waals surface area contributed by atoms with Gasteiger partial charge in [0.05, 0.1) is 16.7 Å². The Morgan fingerprint density at radius 2 is 1.50 bits per heavy atom. The van der Waals surface area contributed by atoms with Crippen LogP contribution in [0.3, 0.4) is 0 Å². The summed E-state index contributed by atoms with van der Waals surface area (Å²) in [6.45, 7) is 4.27. The molecule has 3 aromatic carbocycles. The summed E-state index contributed by atoms with van der Waals surface area (Å²) in [6, 6.07) is 14.9. The van der Waals surface area contributed by atoms with Gasteiger partial charge in [0.2, 0.25) is 0 Å². The van der Waals surface area contributed by atoms with Crippen LogP contribution in [0.5, 0.6) is 0 Å². The molecule has 5 aromatic rings. The predicted molar refractivity (Wildman–Crippen MR) is 98.4 cm³/mol. The summed E-state index contributed by atoms with van der Waals surface area (Å²) in [5, 5.41) is 4.61. The maximum absolute atomic E-state index is 4.76. The van der Waals surface area contributed by atoms with Crippen LogP contribution in [0.15, 0.2) is 55.0 Å². The monoisotopic (exact) mass is 309 g/mol. The fraction of sp³-hybridized carbons (Fsp3) is 0.0952. The number of aromatic nitrogens is 3. The van der Waals surface area contributed by atoms with Crippen molar-refractivity contribution in [2.45, 2.75) is 13.8 Å². The van der Waals surface area contributed by atoms with E-state index in [-0.39, 0.29) is 0 Å². The third kappa shape index (κ3) is 1.75. The summed E-state index contributed by atoms with van der Waals surface area (Å²) < 4.78 is 0. The van der Waals surface area contributed by atoms with Gasteiger partial charge < -0.3 is 0 Å². The topological polar surface area (TPSA) is 38.7 Å². The van der Waals surface area contributed by atoms with Gasteiger partial charge in [0.15, 0.2) is 0 Å². The zero-order valence-corrected chi connectivity index (χ0v) is 13.5. The molecular weight excluding hydrogens is 294 g/mol. The van der Waals surface area contributed by atoms with Crippen LogP contribution in [0.2, 0.25) is 0 Å². The molecule has 0 N–H and O–H groups in total. The van der Waals surface area contributed by atoms with E-state index in [9.17, 15) is 0 Å². The number of hydrogen-bond donors (Lipinski definition) is 0. The number of rotatable bonds is 1. The standard InChI is InChI=1S/C21H15N3/c1-12-3-4-14(9-13(12)2)21-16-6-8-18-20-17(23-11-24-18)7-5-15(10-22-21)19(16)20/h3-11H,1-2H3. The van der Waals surface area contributed by atoms with Crippen molar-refractivity contribution < 1.29 is 0 Å². The largest absolute Gasteiger partial charge is 0.255 e. The Balaban J connectivity index is 1.95. The van der Waals surface area contributed by atoms with Gasteiger partial charge in [0.1, 0.15) is 6.33 Å². The first kappa shape index (κ1) is 13.4. The van der Waals surface area contributed by atoms with E-state index >= 15 is 0 Å². The molecule has 24 heavy (non-hydrogen) atoms. The smallest absolute Gasteiger partial charge is 0.116 e. The first-order chi connectivity index (χ1) is 11.7. The average molecular weight is 309 g/mol. The van der Waals surface area contributed by atoms with E-state index in [4.69, 9.17) is 4.98 Å². The minimum absolute atomic E-state index is 0.982. The molecule has 0 saturated carbocycles. The zero-order chi connectivity index (χ0) is 16.3. The van der Waals surface area contributed by atoms with Crippen LogP contribution in [0.1, 0.15) is 11.1 Å². The Morgan fingerprint density at radius 3 is 2.29 bits per heavy atom. The van der Waals surface area contributed by atoms with Gasteiger partial charge in [-0.3, -0.25) is 4.98 Å². The summed E-state index contributed by atoms with van der Waals surface area (Å²) in [5.74, 6) is 0. The van der Waals surface area contributed by atoms with Crippen molar-refractivity contribution in [2.24, 2.45) is 0 Å². The van der Waals surface area contributed by atoms with Crippen LogP contribution < -0.4 is 0 Å². The molecule has 3 nitrogen and oxygen atoms in total. The molecule has 0 atom stereocenters. The second-order valence-corrected chi connectivity index (χ2v) is 6.34. The molecule has 0 aliphatic heterocycles. The average Bonchev–Trinajstić information content (AvgIpc) is 2.62. The number of nitrogens with zero attached hydrogens (tertiary/aromatic N) is 3. The fourth-order valence-electron chi connectivity index (χ4n) is 3.48. The lowest BCUT2D eigenvalue weighted by Crippen LogP contribution is -1.93. The lowest BCUT2D eigenvalue weighted by atomic mass is 9.95. The minimum Gasteiger partial charge on any atom is -0.255 e. The third-order valence-electron chi connectivity index (χ3n) is 4.91. The molecule has 0 aliphatic rings. The zero-order valence-electron chi connectivity index (χ0n) is 13.5. The van der Waals surface area contributed by atoms with Gasteiger partial charge in [-0.1, -0.05) is 18.2 Å². The predicted octanol–water partition coefficient (Wildman–Crippen LogP) is 5.05. The van der Waals surface area contributed by atoms with Crippen molar-refractivity contribution in [2.75, 3.05) is 0 Å². The van der Waals surface area contributed by atoms with Crippen molar-refractivity contribution in [3.05, 3.63) is 66.1 Å². The van der Waals surface area contributed by atoms with Gasteiger partial charge in [0.25, 0.3) is 0 Å². The second kappa shape index (κ2) is 4.71. The van der Waals surface area contributed by atoms with E-state index in [2.05, 4.69) is 60.2 Å². The van der Waals surface area contributed by atoms with E-state index in [0.29, 0.717) is 0 Å². The minimum atomic E-state index is 0.982. The molecule has 0 saturated heterocycles. The van der Waals surface area contributed by atoms with E-state index in [1.807, 2.05) is 12.3 Å². The SMILES string of the molecule is Cc1ccc(-c2ncc3ccc4ncnc5ccc2c3c45)cc1C. The molecule has 0 radical (unpaired) electrons. The molecule has 2 aromatic heterocycles. The first-order valence-corrected chi connectivity index (χ1v) is 8.04. The van der Waals surface area contributed by atoms with Gasteiger partial charge in [-0.25, -0.2) is 9.97 Å².